The molecule has 1 nitrogen and oxygen atoms in total. The van der Waals surface area contributed by atoms with E-state index in [0.717, 1.165) is 16.5 Å². The smallest absolute Gasteiger partial charge is 0.101 e. The van der Waals surface area contributed by atoms with Gasteiger partial charge in [0, 0.05) is 5.02 Å². The van der Waals surface area contributed by atoms with Crippen LogP contribution in [0.1, 0.15) is 18.1 Å². The molecule has 0 aliphatic carbocycles. The molecule has 0 saturated carbocycles. The summed E-state index contributed by atoms with van der Waals surface area (Å²) in [6, 6.07) is 5.83. The Morgan fingerprint density at radius 2 is 2.29 bits per heavy atom. The number of rotatable bonds is 1. The molecule has 0 atom stereocenters. The summed E-state index contributed by atoms with van der Waals surface area (Å²) >= 11 is 7.56. The Bertz CT molecular complexity index is 522. The van der Waals surface area contributed by atoms with Gasteiger partial charge in [0.25, 0.3) is 0 Å². The van der Waals surface area contributed by atoms with Crippen molar-refractivity contribution in [3.8, 4) is 6.07 Å². The first-order chi connectivity index (χ1) is 6.76. The van der Waals surface area contributed by atoms with Crippen molar-refractivity contribution in [2.45, 2.75) is 13.3 Å². The van der Waals surface area contributed by atoms with Gasteiger partial charge >= 0.3 is 0 Å². The molecule has 0 unspecified atom stereocenters. The highest BCUT2D eigenvalue weighted by Crippen LogP contribution is 2.31. The van der Waals surface area contributed by atoms with Crippen LogP contribution in [0.2, 0.25) is 5.02 Å². The lowest BCUT2D eigenvalue weighted by molar-refractivity contribution is 1.17. The number of nitriles is 1. The van der Waals surface area contributed by atoms with Crippen molar-refractivity contribution in [2.75, 3.05) is 0 Å². The first kappa shape index (κ1) is 9.51. The molecule has 0 aliphatic rings. The Labute approximate surface area is 91.5 Å². The highest BCUT2D eigenvalue weighted by atomic mass is 35.5. The predicted molar refractivity (Wildman–Crippen MR) is 60.9 cm³/mol. The number of nitrogens with zero attached hydrogens (tertiary/aromatic N) is 1. The molecule has 1 aromatic heterocycles. The van der Waals surface area contributed by atoms with Crippen molar-refractivity contribution in [3.05, 3.63) is 33.7 Å². The minimum Gasteiger partial charge on any atom is -0.192 e. The fourth-order valence-corrected chi connectivity index (χ4v) is 2.83. The first-order valence-corrected chi connectivity index (χ1v) is 5.61. The van der Waals surface area contributed by atoms with Crippen LogP contribution in [0.4, 0.5) is 0 Å². The van der Waals surface area contributed by atoms with Crippen LogP contribution >= 0.6 is 22.9 Å². The van der Waals surface area contributed by atoms with Crippen LogP contribution in [0.5, 0.6) is 0 Å². The van der Waals surface area contributed by atoms with E-state index in [1.54, 1.807) is 17.4 Å². The third kappa shape index (κ3) is 1.39. The Morgan fingerprint density at radius 1 is 1.50 bits per heavy atom. The first-order valence-electron chi connectivity index (χ1n) is 4.36. The molecule has 3 heteroatoms. The van der Waals surface area contributed by atoms with Gasteiger partial charge in [0.1, 0.15) is 6.07 Å². The molecule has 2 rings (SSSR count). The van der Waals surface area contributed by atoms with E-state index in [2.05, 4.69) is 18.4 Å². The van der Waals surface area contributed by atoms with Crippen LogP contribution < -0.4 is 0 Å². The molecular formula is C11H8ClNS. The normalized spacial score (nSPS) is 10.4. The van der Waals surface area contributed by atoms with E-state index < -0.39 is 0 Å². The molecule has 0 fully saturated rings. The number of aryl methyl sites for hydroxylation is 1. The lowest BCUT2D eigenvalue weighted by Crippen LogP contribution is -1.79. The van der Waals surface area contributed by atoms with Crippen molar-refractivity contribution in [1.29, 1.82) is 5.26 Å². The topological polar surface area (TPSA) is 23.8 Å². The largest absolute Gasteiger partial charge is 0.192 e. The molecule has 14 heavy (non-hydrogen) atoms. The number of hydrogen-bond acceptors (Lipinski definition) is 2. The summed E-state index contributed by atoms with van der Waals surface area (Å²) in [6.45, 7) is 2.11. The summed E-state index contributed by atoms with van der Waals surface area (Å²) in [5.41, 5.74) is 1.95. The fraction of sp³-hybridized carbons (Fsp3) is 0.182. The van der Waals surface area contributed by atoms with Gasteiger partial charge in [0.2, 0.25) is 0 Å². The van der Waals surface area contributed by atoms with Crippen LogP contribution in [-0.4, -0.2) is 0 Å². The molecule has 70 valence electrons. The Hall–Kier alpha value is -1.04. The number of fused-ring (bicyclic) bond motifs is 1. The Balaban J connectivity index is 2.85. The summed E-state index contributed by atoms with van der Waals surface area (Å²) in [6.07, 6.45) is 0.977. The van der Waals surface area contributed by atoms with E-state index in [1.165, 1.54) is 5.56 Å². The summed E-state index contributed by atoms with van der Waals surface area (Å²) in [7, 11) is 0. The third-order valence-corrected chi connectivity index (χ3v) is 3.52. The zero-order chi connectivity index (χ0) is 10.1. The molecule has 1 heterocycles. The van der Waals surface area contributed by atoms with Gasteiger partial charge in [-0.1, -0.05) is 18.5 Å². The van der Waals surface area contributed by atoms with Crippen LogP contribution in [0.25, 0.3) is 10.1 Å². The third-order valence-electron chi connectivity index (χ3n) is 2.22. The van der Waals surface area contributed by atoms with E-state index in [1.807, 2.05) is 6.07 Å². The van der Waals surface area contributed by atoms with Gasteiger partial charge in [-0.05, 0) is 34.9 Å². The zero-order valence-electron chi connectivity index (χ0n) is 7.67. The molecule has 0 saturated heterocycles. The summed E-state index contributed by atoms with van der Waals surface area (Å²) in [5.74, 6) is 0. The summed E-state index contributed by atoms with van der Waals surface area (Å²) in [4.78, 5) is 0. The van der Waals surface area contributed by atoms with Crippen LogP contribution in [-0.2, 0) is 6.42 Å². The van der Waals surface area contributed by atoms with Gasteiger partial charge in [0.05, 0.1) is 10.3 Å². The molecule has 0 radical (unpaired) electrons. The number of thiophene rings is 1. The highest BCUT2D eigenvalue weighted by molar-refractivity contribution is 7.17. The molecule has 2 aromatic rings. The second kappa shape index (κ2) is 3.61. The lowest BCUT2D eigenvalue weighted by Gasteiger charge is -1.97. The average Bonchev–Trinajstić information content (AvgIpc) is 2.59. The zero-order valence-corrected chi connectivity index (χ0v) is 9.25. The van der Waals surface area contributed by atoms with Crippen LogP contribution in [0.3, 0.4) is 0 Å². The summed E-state index contributed by atoms with van der Waals surface area (Å²) in [5, 5.41) is 12.8. The minimum absolute atomic E-state index is 0.641. The maximum atomic E-state index is 8.94. The number of halogens is 1. The second-order valence-corrected chi connectivity index (χ2v) is 4.37. The van der Waals surface area contributed by atoms with Crippen molar-refractivity contribution in [3.63, 3.8) is 0 Å². The number of hydrogen-bond donors (Lipinski definition) is 0. The quantitative estimate of drug-likeness (QED) is 0.715. The van der Waals surface area contributed by atoms with Gasteiger partial charge in [-0.25, -0.2) is 0 Å². The fourth-order valence-electron chi connectivity index (χ4n) is 1.51. The van der Waals surface area contributed by atoms with E-state index in [0.29, 0.717) is 10.6 Å². The highest BCUT2D eigenvalue weighted by Gasteiger charge is 2.08. The predicted octanol–water partition coefficient (Wildman–Crippen LogP) is 3.99. The second-order valence-electron chi connectivity index (χ2n) is 3.06. The van der Waals surface area contributed by atoms with E-state index in [-0.39, 0.29) is 0 Å². The Kier molecular flexibility index (Phi) is 2.45. The maximum Gasteiger partial charge on any atom is 0.101 e. The SMILES string of the molecule is CCc1csc2c(C#N)cc(Cl)cc12. The van der Waals surface area contributed by atoms with Crippen LogP contribution in [0.15, 0.2) is 17.5 Å². The van der Waals surface area contributed by atoms with Gasteiger partial charge in [-0.3, -0.25) is 0 Å². The van der Waals surface area contributed by atoms with Crippen molar-refractivity contribution in [2.24, 2.45) is 0 Å². The van der Waals surface area contributed by atoms with Crippen LogP contribution in [0, 0.1) is 11.3 Å². The molecule has 1 aromatic carbocycles. The van der Waals surface area contributed by atoms with Crippen molar-refractivity contribution >= 4 is 33.0 Å². The standard InChI is InChI=1S/C11H8ClNS/c1-2-7-6-14-11-8(5-13)3-9(12)4-10(7)11/h3-4,6H,2H2,1H3. The monoisotopic (exact) mass is 221 g/mol. The molecule has 0 spiro atoms. The van der Waals surface area contributed by atoms with Gasteiger partial charge in [-0.2, -0.15) is 5.26 Å². The molecule has 0 amide bonds. The molecular weight excluding hydrogens is 214 g/mol. The maximum absolute atomic E-state index is 8.94. The van der Waals surface area contributed by atoms with Crippen molar-refractivity contribution in [1.82, 2.24) is 0 Å². The molecule has 0 bridgehead atoms. The summed E-state index contributed by atoms with van der Waals surface area (Å²) < 4.78 is 1.05. The minimum atomic E-state index is 0.641. The molecule has 0 N–H and O–H groups in total. The Morgan fingerprint density at radius 3 is 2.93 bits per heavy atom. The van der Waals surface area contributed by atoms with E-state index >= 15 is 0 Å². The lowest BCUT2D eigenvalue weighted by atomic mass is 10.1. The van der Waals surface area contributed by atoms with Crippen molar-refractivity contribution < 1.29 is 0 Å². The van der Waals surface area contributed by atoms with Gasteiger partial charge in [0.15, 0.2) is 0 Å². The van der Waals surface area contributed by atoms with Gasteiger partial charge < -0.3 is 0 Å². The average molecular weight is 222 g/mol. The van der Waals surface area contributed by atoms with E-state index in [4.69, 9.17) is 16.9 Å². The van der Waals surface area contributed by atoms with Gasteiger partial charge in [-0.15, -0.1) is 11.3 Å². The van der Waals surface area contributed by atoms with E-state index in [9.17, 15) is 0 Å². The molecule has 0 aliphatic heterocycles. The number of benzene rings is 1.